The molecule has 0 aliphatic carbocycles. The molecule has 9 aromatic rings. The number of anilines is 4. The molecular formula is C48H34N3OP. The molecule has 4 nitrogen and oxygen atoms in total. The van der Waals surface area contributed by atoms with Crippen LogP contribution >= 0.6 is 7.44 Å². The first-order valence-corrected chi connectivity index (χ1v) is 19.5. The zero-order valence-corrected chi connectivity index (χ0v) is 29.7. The number of hydrogen-bond acceptors (Lipinski definition) is 1. The van der Waals surface area contributed by atoms with E-state index in [1.165, 1.54) is 21.8 Å². The van der Waals surface area contributed by atoms with Gasteiger partial charge in [0.25, 0.3) is 0 Å². The average Bonchev–Trinajstić information content (AvgIpc) is 3.71. The SMILES string of the molecule is O=P1(c2ccc(-c3ccccc3)cc2)N(c2ccccc2)c2ccc(-c3ccc(-n4c5ccccc5c5ccccc54)cc3)cc2N1c1ccccc1. The molecule has 1 atom stereocenters. The summed E-state index contributed by atoms with van der Waals surface area (Å²) in [7, 11) is -3.52. The van der Waals surface area contributed by atoms with E-state index in [9.17, 15) is 0 Å². The van der Waals surface area contributed by atoms with Crippen LogP contribution < -0.4 is 14.6 Å². The van der Waals surface area contributed by atoms with Crippen LogP contribution in [0.3, 0.4) is 0 Å². The van der Waals surface area contributed by atoms with Crippen LogP contribution in [0.4, 0.5) is 22.7 Å². The van der Waals surface area contributed by atoms with Crippen LogP contribution in [-0.2, 0) is 4.57 Å². The molecule has 0 spiro atoms. The molecule has 0 radical (unpaired) electrons. The van der Waals surface area contributed by atoms with Crippen molar-refractivity contribution in [2.24, 2.45) is 0 Å². The molecule has 53 heavy (non-hydrogen) atoms. The molecule has 5 heteroatoms. The minimum atomic E-state index is -3.52. The van der Waals surface area contributed by atoms with Gasteiger partial charge in [0.15, 0.2) is 0 Å². The summed E-state index contributed by atoms with van der Waals surface area (Å²) in [4.78, 5) is 0. The van der Waals surface area contributed by atoms with Crippen molar-refractivity contribution >= 4 is 57.3 Å². The van der Waals surface area contributed by atoms with Gasteiger partial charge >= 0.3 is 7.44 Å². The number of hydrogen-bond donors (Lipinski definition) is 0. The zero-order valence-electron chi connectivity index (χ0n) is 28.8. The van der Waals surface area contributed by atoms with E-state index in [1.807, 2.05) is 78.9 Å². The Balaban J connectivity index is 1.12. The first-order chi connectivity index (χ1) is 26.2. The summed E-state index contributed by atoms with van der Waals surface area (Å²) in [5, 5.41) is 3.25. The summed E-state index contributed by atoms with van der Waals surface area (Å²) in [6, 6.07) is 71.3. The van der Waals surface area contributed by atoms with E-state index in [1.54, 1.807) is 0 Å². The predicted octanol–water partition coefficient (Wildman–Crippen LogP) is 12.9. The lowest BCUT2D eigenvalue weighted by molar-refractivity contribution is 0.582. The van der Waals surface area contributed by atoms with Crippen molar-refractivity contribution in [3.63, 3.8) is 0 Å². The van der Waals surface area contributed by atoms with Crippen molar-refractivity contribution in [2.75, 3.05) is 9.34 Å². The van der Waals surface area contributed by atoms with Crippen molar-refractivity contribution in [1.29, 1.82) is 0 Å². The molecule has 1 aliphatic heterocycles. The highest BCUT2D eigenvalue weighted by atomic mass is 31.2. The number of aromatic nitrogens is 1. The largest absolute Gasteiger partial charge is 0.309 e. The van der Waals surface area contributed by atoms with Gasteiger partial charge in [-0.1, -0.05) is 133 Å². The predicted molar refractivity (Wildman–Crippen MR) is 222 cm³/mol. The quantitative estimate of drug-likeness (QED) is 0.162. The van der Waals surface area contributed by atoms with E-state index < -0.39 is 7.44 Å². The number of para-hydroxylation sites is 4. The van der Waals surface area contributed by atoms with Crippen LogP contribution in [0.1, 0.15) is 0 Å². The number of fused-ring (bicyclic) bond motifs is 4. The molecule has 0 saturated heterocycles. The van der Waals surface area contributed by atoms with Gasteiger partial charge < -0.3 is 4.57 Å². The third kappa shape index (κ3) is 5.03. The van der Waals surface area contributed by atoms with Crippen molar-refractivity contribution in [1.82, 2.24) is 4.57 Å². The fourth-order valence-electron chi connectivity index (χ4n) is 7.88. The number of rotatable bonds is 6. The normalized spacial score (nSPS) is 15.2. The summed E-state index contributed by atoms with van der Waals surface area (Å²) in [6.07, 6.45) is 0. The molecule has 10 rings (SSSR count). The molecule has 8 aromatic carbocycles. The number of nitrogens with zero attached hydrogens (tertiary/aromatic N) is 3. The first-order valence-electron chi connectivity index (χ1n) is 17.9. The van der Waals surface area contributed by atoms with E-state index in [0.717, 1.165) is 56.0 Å². The second-order valence-corrected chi connectivity index (χ2v) is 15.8. The number of benzene rings is 8. The molecule has 0 saturated carbocycles. The summed E-state index contributed by atoms with van der Waals surface area (Å²) < 4.78 is 22.7. The van der Waals surface area contributed by atoms with Crippen LogP contribution in [0, 0.1) is 0 Å². The van der Waals surface area contributed by atoms with Gasteiger partial charge in [-0.15, -0.1) is 0 Å². The van der Waals surface area contributed by atoms with Crippen molar-refractivity contribution in [3.05, 3.63) is 206 Å². The van der Waals surface area contributed by atoms with E-state index >= 15 is 4.57 Å². The van der Waals surface area contributed by atoms with Crippen LogP contribution in [0.5, 0.6) is 0 Å². The third-order valence-electron chi connectivity index (χ3n) is 10.3. The molecule has 0 bridgehead atoms. The van der Waals surface area contributed by atoms with Crippen molar-refractivity contribution < 1.29 is 4.57 Å². The maximum absolute atomic E-state index is 16.3. The van der Waals surface area contributed by atoms with Gasteiger partial charge in [0.05, 0.1) is 27.7 Å². The van der Waals surface area contributed by atoms with E-state index in [-0.39, 0.29) is 0 Å². The summed E-state index contributed by atoms with van der Waals surface area (Å²) in [5.74, 6) is 0. The monoisotopic (exact) mass is 699 g/mol. The second kappa shape index (κ2) is 12.6. The van der Waals surface area contributed by atoms with Gasteiger partial charge in [-0.2, -0.15) is 0 Å². The zero-order chi connectivity index (χ0) is 35.4. The summed E-state index contributed by atoms with van der Waals surface area (Å²) in [5.41, 5.74) is 11.4. The lowest BCUT2D eigenvalue weighted by Crippen LogP contribution is -2.26. The van der Waals surface area contributed by atoms with Crippen molar-refractivity contribution in [2.45, 2.75) is 0 Å². The van der Waals surface area contributed by atoms with Gasteiger partial charge in [0, 0.05) is 27.8 Å². The maximum atomic E-state index is 16.3. The van der Waals surface area contributed by atoms with Crippen LogP contribution in [0.15, 0.2) is 206 Å². The molecule has 0 amide bonds. The molecule has 252 valence electrons. The lowest BCUT2D eigenvalue weighted by atomic mass is 10.0. The summed E-state index contributed by atoms with van der Waals surface area (Å²) >= 11 is 0. The highest BCUT2D eigenvalue weighted by Crippen LogP contribution is 2.70. The van der Waals surface area contributed by atoms with Gasteiger partial charge in [0.1, 0.15) is 0 Å². The Hall–Kier alpha value is -6.61. The molecule has 2 heterocycles. The highest BCUT2D eigenvalue weighted by Gasteiger charge is 2.49. The Morgan fingerprint density at radius 3 is 1.36 bits per heavy atom. The average molecular weight is 700 g/mol. The van der Waals surface area contributed by atoms with E-state index in [2.05, 4.69) is 141 Å². The van der Waals surface area contributed by atoms with Gasteiger partial charge in [-0.25, -0.2) is 0 Å². The van der Waals surface area contributed by atoms with Crippen LogP contribution in [0.2, 0.25) is 0 Å². The molecule has 1 unspecified atom stereocenters. The second-order valence-electron chi connectivity index (χ2n) is 13.4. The minimum Gasteiger partial charge on any atom is -0.309 e. The molecular weight excluding hydrogens is 666 g/mol. The lowest BCUT2D eigenvalue weighted by Gasteiger charge is -2.33. The summed E-state index contributed by atoms with van der Waals surface area (Å²) in [6.45, 7) is 0. The van der Waals surface area contributed by atoms with Gasteiger partial charge in [-0.3, -0.25) is 13.9 Å². The van der Waals surface area contributed by atoms with Gasteiger partial charge in [0.2, 0.25) is 0 Å². The first kappa shape index (κ1) is 31.2. The molecule has 0 N–H and O–H groups in total. The Kier molecular flexibility index (Phi) is 7.38. The Morgan fingerprint density at radius 2 is 0.774 bits per heavy atom. The molecule has 1 aliphatic rings. The fraction of sp³-hybridized carbons (Fsp3) is 0. The fourth-order valence-corrected chi connectivity index (χ4v) is 10.9. The van der Waals surface area contributed by atoms with E-state index in [0.29, 0.717) is 0 Å². The third-order valence-corrected chi connectivity index (χ3v) is 13.3. The standard InChI is InChI=1S/C48H34N3OP/c52-53(42-31-26-36(27-32-42)35-14-4-1-5-15-35)50(40-16-6-2-7-17-40)47-33-28-38(34-48(47)51(53)41-18-8-3-9-19-41)37-24-29-39(30-25-37)49-45-22-12-10-20-43(45)44-21-11-13-23-46(44)49/h1-34H. The topological polar surface area (TPSA) is 28.5 Å². The Labute approximate surface area is 308 Å². The highest BCUT2D eigenvalue weighted by molar-refractivity contribution is 7.76. The van der Waals surface area contributed by atoms with Crippen LogP contribution in [-0.4, -0.2) is 4.57 Å². The van der Waals surface area contributed by atoms with Gasteiger partial charge in [-0.05, 0) is 95.1 Å². The maximum Gasteiger partial charge on any atom is 0.301 e. The Morgan fingerprint density at radius 1 is 0.340 bits per heavy atom. The van der Waals surface area contributed by atoms with Crippen LogP contribution in [0.25, 0.3) is 49.7 Å². The smallest absolute Gasteiger partial charge is 0.301 e. The molecule has 0 fully saturated rings. The van der Waals surface area contributed by atoms with E-state index in [4.69, 9.17) is 0 Å². The molecule has 1 aromatic heterocycles. The van der Waals surface area contributed by atoms with Crippen molar-refractivity contribution in [3.8, 4) is 27.9 Å². The Bertz CT molecular complexity index is 2740. The minimum absolute atomic E-state index is 0.762.